The summed E-state index contributed by atoms with van der Waals surface area (Å²) in [6.45, 7) is 0. The van der Waals surface area contributed by atoms with E-state index in [4.69, 9.17) is 0 Å². The molecule has 0 fully saturated rings. The fourth-order valence-corrected chi connectivity index (χ4v) is 0. The van der Waals surface area contributed by atoms with Crippen LogP contribution in [0, 0.1) is 0 Å². The van der Waals surface area contributed by atoms with Crippen LogP contribution in [0.15, 0.2) is 0 Å². The minimum absolute atomic E-state index is 0. The van der Waals surface area contributed by atoms with E-state index >= 15 is 0 Å². The molecule has 0 aromatic rings. The Morgan fingerprint density at radius 2 is 1.20 bits per heavy atom. The fourth-order valence-electron chi connectivity index (χ4n) is 0. The average Bonchev–Trinajstić information content (AvgIpc) is 0.918. The summed E-state index contributed by atoms with van der Waals surface area (Å²) in [5.41, 5.74) is 0. The Morgan fingerprint density at radius 3 is 1.20 bits per heavy atom. The predicted molar refractivity (Wildman–Crippen MR) is 15.2 cm³/mol. The van der Waals surface area contributed by atoms with Crippen LogP contribution in [0.4, 0.5) is 0 Å². The summed E-state index contributed by atoms with van der Waals surface area (Å²) in [5.74, 6) is 0. The van der Waals surface area contributed by atoms with Gasteiger partial charge in [0.25, 0.3) is 0 Å². The van der Waals surface area contributed by atoms with Crippen LogP contribution in [0.3, 0.4) is 0 Å². The van der Waals surface area contributed by atoms with Crippen molar-refractivity contribution in [2.75, 3.05) is 0 Å². The van der Waals surface area contributed by atoms with E-state index in [0.29, 0.717) is 0 Å². The molecule has 0 heterocycles. The molecule has 0 saturated heterocycles. The van der Waals surface area contributed by atoms with Crippen LogP contribution in [0.2, 0.25) is 0 Å². The molecule has 0 atom stereocenters. The first-order valence-electron chi connectivity index (χ1n) is 0.333. The van der Waals surface area contributed by atoms with Crippen molar-refractivity contribution in [2.45, 2.75) is 0 Å². The molecular formula is AuMoPdS2. The summed E-state index contributed by atoms with van der Waals surface area (Å²) >= 11 is -0.363. The third-order valence-electron chi connectivity index (χ3n) is 0. The first kappa shape index (κ1) is 15.6. The van der Waals surface area contributed by atoms with Crippen LogP contribution in [0.5, 0.6) is 0 Å². The third-order valence-corrected chi connectivity index (χ3v) is 0. The SMILES string of the molecule is [Au].[Pd].[S]=[Mo]=[S]. The summed E-state index contributed by atoms with van der Waals surface area (Å²) in [5, 5.41) is 0. The van der Waals surface area contributed by atoms with E-state index < -0.39 is 0 Å². The second kappa shape index (κ2) is 16.0. The van der Waals surface area contributed by atoms with Gasteiger partial charge < -0.3 is 0 Å². The molecule has 1 radical (unpaired) electrons. The van der Waals surface area contributed by atoms with Crippen molar-refractivity contribution in [3.63, 3.8) is 0 Å². The Hall–Kier alpha value is 2.53. The molecule has 0 aliphatic rings. The number of rotatable bonds is 0. The van der Waals surface area contributed by atoms with Crippen molar-refractivity contribution >= 4 is 19.6 Å². The fraction of sp³-hybridized carbons (Fsp3) is 0. The van der Waals surface area contributed by atoms with Gasteiger partial charge >= 0.3 is 34.6 Å². The van der Waals surface area contributed by atoms with Gasteiger partial charge in [0.05, 0.1) is 0 Å². The van der Waals surface area contributed by atoms with Gasteiger partial charge in [0, 0.05) is 42.8 Å². The number of hydrogen-bond acceptors (Lipinski definition) is 2. The first-order valence-corrected chi connectivity index (χ1v) is 5.92. The zero-order valence-electron chi connectivity index (χ0n) is 1.84. The van der Waals surface area contributed by atoms with Gasteiger partial charge in [-0.2, -0.15) is 0 Å². The van der Waals surface area contributed by atoms with E-state index in [-0.39, 0.29) is 57.7 Å². The Bertz CT molecular complexity index is 30.6. The first-order chi connectivity index (χ1) is 1.41. The molecule has 0 N–H and O–H groups in total. The molecule has 0 aliphatic carbocycles. The van der Waals surface area contributed by atoms with E-state index in [2.05, 4.69) is 19.6 Å². The van der Waals surface area contributed by atoms with E-state index in [1.54, 1.807) is 0 Å². The molecule has 0 spiro atoms. The van der Waals surface area contributed by atoms with E-state index in [1.165, 1.54) is 0 Å². The predicted octanol–water partition coefficient (Wildman–Crippen LogP) is 1.29. The third kappa shape index (κ3) is 20.9. The maximum absolute atomic E-state index is 4.34. The van der Waals surface area contributed by atoms with Gasteiger partial charge in [0.15, 0.2) is 0 Å². The van der Waals surface area contributed by atoms with Crippen molar-refractivity contribution in [3.05, 3.63) is 0 Å². The van der Waals surface area contributed by atoms with Crippen LogP contribution in [0.1, 0.15) is 0 Å². The van der Waals surface area contributed by atoms with Crippen molar-refractivity contribution in [2.24, 2.45) is 0 Å². The molecule has 0 bridgehead atoms. The summed E-state index contributed by atoms with van der Waals surface area (Å²) in [6, 6.07) is 0. The van der Waals surface area contributed by atoms with Crippen molar-refractivity contribution in [1.82, 2.24) is 0 Å². The van der Waals surface area contributed by atoms with Gasteiger partial charge in [0.2, 0.25) is 0 Å². The zero-order chi connectivity index (χ0) is 2.71. The van der Waals surface area contributed by atoms with Gasteiger partial charge in [-0.1, -0.05) is 0 Å². The van der Waals surface area contributed by atoms with Gasteiger partial charge in [0.1, 0.15) is 0 Å². The molecular weight excluding hydrogens is 463 g/mol. The molecule has 0 amide bonds. The molecule has 39 valence electrons. The van der Waals surface area contributed by atoms with Crippen LogP contribution >= 0.6 is 19.6 Å². The second-order valence-corrected chi connectivity index (χ2v) is 3.62. The second-order valence-electron chi connectivity index (χ2n) is 0.0680. The average molecular weight is 463 g/mol. The number of hydrogen-bond donors (Lipinski definition) is 0. The van der Waals surface area contributed by atoms with Crippen LogP contribution in [-0.2, 0) is 57.7 Å². The summed E-state index contributed by atoms with van der Waals surface area (Å²) in [7, 11) is 8.68. The summed E-state index contributed by atoms with van der Waals surface area (Å²) in [6.07, 6.45) is 0. The summed E-state index contributed by atoms with van der Waals surface area (Å²) < 4.78 is 0. The standard InChI is InChI=1S/Au.Mo.Pd.2S. The van der Waals surface area contributed by atoms with Crippen LogP contribution in [0.25, 0.3) is 0 Å². The van der Waals surface area contributed by atoms with Gasteiger partial charge in [-0.15, -0.1) is 0 Å². The van der Waals surface area contributed by atoms with Crippen LogP contribution < -0.4 is 0 Å². The summed E-state index contributed by atoms with van der Waals surface area (Å²) in [4.78, 5) is 0. The van der Waals surface area contributed by atoms with Crippen molar-refractivity contribution < 1.29 is 57.7 Å². The molecule has 5 heteroatoms. The maximum atomic E-state index is 4.34. The molecule has 0 saturated carbocycles. The molecule has 0 nitrogen and oxygen atoms in total. The monoisotopic (exact) mass is 465 g/mol. The molecule has 0 unspecified atom stereocenters. The van der Waals surface area contributed by atoms with Gasteiger partial charge in [-0.25, -0.2) is 0 Å². The Balaban J connectivity index is -0.0000000200. The molecule has 5 heavy (non-hydrogen) atoms. The van der Waals surface area contributed by atoms with Crippen LogP contribution in [-0.4, -0.2) is 0 Å². The molecule has 0 aromatic heterocycles. The van der Waals surface area contributed by atoms with Crippen molar-refractivity contribution in [3.8, 4) is 0 Å². The van der Waals surface area contributed by atoms with E-state index in [1.807, 2.05) is 0 Å². The minimum atomic E-state index is -0.363. The zero-order valence-corrected chi connectivity index (χ0v) is 9.20. The van der Waals surface area contributed by atoms with Gasteiger partial charge in [-0.05, 0) is 0 Å². The van der Waals surface area contributed by atoms with Gasteiger partial charge in [-0.3, -0.25) is 0 Å². The quantitative estimate of drug-likeness (QED) is 0.497. The topological polar surface area (TPSA) is 0 Å². The molecule has 0 rings (SSSR count). The van der Waals surface area contributed by atoms with E-state index in [9.17, 15) is 0 Å². The normalized spacial score (nSPS) is 2.40. The molecule has 0 aliphatic heterocycles. The van der Waals surface area contributed by atoms with E-state index in [0.717, 1.165) is 0 Å². The molecule has 0 aromatic carbocycles. The Kier molecular flexibility index (Phi) is 50.1. The Labute approximate surface area is 76.1 Å². The van der Waals surface area contributed by atoms with Crippen molar-refractivity contribution in [1.29, 1.82) is 0 Å². The Morgan fingerprint density at radius 1 is 1.20 bits per heavy atom.